The quantitative estimate of drug-likeness (QED) is 0.511. The summed E-state index contributed by atoms with van der Waals surface area (Å²) in [5.41, 5.74) is -0.171. The Balaban J connectivity index is 2.31. The molecule has 0 saturated carbocycles. The molecule has 4 N–H and O–H groups in total. The van der Waals surface area contributed by atoms with Crippen LogP contribution < -0.4 is 5.43 Å². The van der Waals surface area contributed by atoms with Crippen LogP contribution >= 0.6 is 0 Å². The molecule has 0 aliphatic carbocycles. The molecule has 0 atom stereocenters. The van der Waals surface area contributed by atoms with Crippen molar-refractivity contribution in [3.05, 3.63) is 46.6 Å². The minimum Gasteiger partial charge on any atom is -0.508 e. The Labute approximate surface area is 117 Å². The normalized spacial score (nSPS) is 10.9. The van der Waals surface area contributed by atoms with Crippen molar-refractivity contribution in [2.45, 2.75) is 0 Å². The maximum absolute atomic E-state index is 12.0. The number of aromatic hydroxyl groups is 4. The molecule has 0 spiro atoms. The van der Waals surface area contributed by atoms with Crippen molar-refractivity contribution in [3.8, 4) is 34.3 Å². The summed E-state index contributed by atoms with van der Waals surface area (Å²) >= 11 is 0. The highest BCUT2D eigenvalue weighted by Crippen LogP contribution is 2.42. The van der Waals surface area contributed by atoms with E-state index in [9.17, 15) is 25.2 Å². The van der Waals surface area contributed by atoms with Crippen molar-refractivity contribution in [3.63, 3.8) is 0 Å². The predicted octanol–water partition coefficient (Wildman–Crippen LogP) is 2.28. The summed E-state index contributed by atoms with van der Waals surface area (Å²) < 4.78 is 5.47. The third-order valence-electron chi connectivity index (χ3n) is 3.11. The van der Waals surface area contributed by atoms with Gasteiger partial charge in [0.2, 0.25) is 5.75 Å². The van der Waals surface area contributed by atoms with Crippen LogP contribution in [0, 0.1) is 0 Å². The van der Waals surface area contributed by atoms with Crippen molar-refractivity contribution in [1.29, 1.82) is 0 Å². The van der Waals surface area contributed by atoms with Crippen molar-refractivity contribution < 1.29 is 24.8 Å². The van der Waals surface area contributed by atoms with Gasteiger partial charge in [-0.05, 0) is 24.3 Å². The highest BCUT2D eigenvalue weighted by Gasteiger charge is 2.16. The van der Waals surface area contributed by atoms with E-state index in [0.29, 0.717) is 0 Å². The maximum Gasteiger partial charge on any atom is 0.201 e. The van der Waals surface area contributed by atoms with E-state index in [-0.39, 0.29) is 33.5 Å². The molecule has 1 aromatic heterocycles. The van der Waals surface area contributed by atoms with Gasteiger partial charge in [-0.2, -0.15) is 0 Å². The third kappa shape index (κ3) is 2.02. The van der Waals surface area contributed by atoms with Crippen LogP contribution in [0.4, 0.5) is 0 Å². The number of fused-ring (bicyclic) bond motifs is 1. The minimum atomic E-state index is -0.703. The molecule has 0 fully saturated rings. The maximum atomic E-state index is 12.0. The second kappa shape index (κ2) is 4.45. The van der Waals surface area contributed by atoms with Crippen LogP contribution in [0.5, 0.6) is 23.0 Å². The Kier molecular flexibility index (Phi) is 2.72. The van der Waals surface area contributed by atoms with Gasteiger partial charge in [0.25, 0.3) is 0 Å². The first-order valence-electron chi connectivity index (χ1n) is 5.98. The lowest BCUT2D eigenvalue weighted by atomic mass is 10.1. The van der Waals surface area contributed by atoms with Gasteiger partial charge in [0, 0.05) is 12.1 Å². The molecule has 6 heteroatoms. The molecule has 0 unspecified atom stereocenters. The van der Waals surface area contributed by atoms with Gasteiger partial charge in [0.1, 0.15) is 17.1 Å². The zero-order chi connectivity index (χ0) is 15.1. The summed E-state index contributed by atoms with van der Waals surface area (Å²) in [5, 5.41) is 38.4. The fraction of sp³-hybridized carbons (Fsp3) is 0. The fourth-order valence-electron chi connectivity index (χ4n) is 2.04. The Morgan fingerprint density at radius 2 is 1.62 bits per heavy atom. The van der Waals surface area contributed by atoms with Crippen molar-refractivity contribution in [2.24, 2.45) is 0 Å². The lowest BCUT2D eigenvalue weighted by molar-refractivity contribution is 0.368. The van der Waals surface area contributed by atoms with Crippen LogP contribution in [-0.4, -0.2) is 20.4 Å². The SMILES string of the molecule is O=c1cc(-c2ccc(O)c(O)c2O)oc2cc(O)ccc12. The molecule has 0 amide bonds. The monoisotopic (exact) mass is 286 g/mol. The van der Waals surface area contributed by atoms with Gasteiger partial charge in [0.15, 0.2) is 16.9 Å². The zero-order valence-electron chi connectivity index (χ0n) is 10.6. The van der Waals surface area contributed by atoms with E-state index in [1.54, 1.807) is 0 Å². The van der Waals surface area contributed by atoms with Gasteiger partial charge in [-0.25, -0.2) is 0 Å². The number of hydrogen-bond donors (Lipinski definition) is 4. The van der Waals surface area contributed by atoms with Crippen LogP contribution in [0.1, 0.15) is 0 Å². The molecular weight excluding hydrogens is 276 g/mol. The number of phenolic OH excluding ortho intramolecular Hbond substituents is 4. The van der Waals surface area contributed by atoms with Crippen LogP contribution in [0.3, 0.4) is 0 Å². The van der Waals surface area contributed by atoms with E-state index in [1.807, 2.05) is 0 Å². The highest BCUT2D eigenvalue weighted by atomic mass is 16.3. The van der Waals surface area contributed by atoms with Crippen molar-refractivity contribution in [1.82, 2.24) is 0 Å². The Morgan fingerprint density at radius 3 is 2.38 bits per heavy atom. The van der Waals surface area contributed by atoms with E-state index in [4.69, 9.17) is 4.42 Å². The molecule has 0 radical (unpaired) electrons. The van der Waals surface area contributed by atoms with E-state index in [1.165, 1.54) is 24.3 Å². The van der Waals surface area contributed by atoms with Crippen LogP contribution in [-0.2, 0) is 0 Å². The topological polar surface area (TPSA) is 111 Å². The van der Waals surface area contributed by atoms with E-state index < -0.39 is 17.2 Å². The van der Waals surface area contributed by atoms with E-state index >= 15 is 0 Å². The van der Waals surface area contributed by atoms with Crippen LogP contribution in [0.25, 0.3) is 22.3 Å². The average molecular weight is 286 g/mol. The Morgan fingerprint density at radius 1 is 0.857 bits per heavy atom. The summed E-state index contributed by atoms with van der Waals surface area (Å²) in [4.78, 5) is 12.0. The fourth-order valence-corrected chi connectivity index (χ4v) is 2.04. The number of benzene rings is 2. The number of hydrogen-bond acceptors (Lipinski definition) is 6. The molecule has 106 valence electrons. The highest BCUT2D eigenvalue weighted by molar-refractivity contribution is 5.81. The standard InChI is InChI=1S/C15H10O6/c16-7-1-2-8-11(18)6-13(21-12(8)5-7)9-3-4-10(17)15(20)14(9)19/h1-6,16-17,19-20H. The van der Waals surface area contributed by atoms with Crippen molar-refractivity contribution >= 4 is 11.0 Å². The summed E-state index contributed by atoms with van der Waals surface area (Å²) in [6, 6.07) is 7.69. The summed E-state index contributed by atoms with van der Waals surface area (Å²) in [5.74, 6) is -1.85. The average Bonchev–Trinajstić information content (AvgIpc) is 2.44. The van der Waals surface area contributed by atoms with Gasteiger partial charge < -0.3 is 24.8 Å². The summed E-state index contributed by atoms with van der Waals surface area (Å²) in [6.45, 7) is 0. The largest absolute Gasteiger partial charge is 0.508 e. The number of phenols is 4. The molecule has 0 saturated heterocycles. The van der Waals surface area contributed by atoms with Crippen LogP contribution in [0.2, 0.25) is 0 Å². The molecule has 3 aromatic rings. The molecule has 0 aliphatic rings. The molecule has 0 aliphatic heterocycles. The van der Waals surface area contributed by atoms with Gasteiger partial charge >= 0.3 is 0 Å². The first-order chi connectivity index (χ1) is 9.97. The van der Waals surface area contributed by atoms with E-state index in [2.05, 4.69) is 0 Å². The van der Waals surface area contributed by atoms with Gasteiger partial charge in [-0.15, -0.1) is 0 Å². The molecule has 1 heterocycles. The molecule has 21 heavy (non-hydrogen) atoms. The first kappa shape index (κ1) is 12.9. The third-order valence-corrected chi connectivity index (χ3v) is 3.11. The van der Waals surface area contributed by atoms with Gasteiger partial charge in [0.05, 0.1) is 10.9 Å². The zero-order valence-corrected chi connectivity index (χ0v) is 10.6. The lowest BCUT2D eigenvalue weighted by Crippen LogP contribution is -2.00. The Hall–Kier alpha value is -3.15. The molecule has 2 aromatic carbocycles. The lowest BCUT2D eigenvalue weighted by Gasteiger charge is -2.08. The first-order valence-corrected chi connectivity index (χ1v) is 5.98. The summed E-state index contributed by atoms with van der Waals surface area (Å²) in [7, 11) is 0. The summed E-state index contributed by atoms with van der Waals surface area (Å²) in [6.07, 6.45) is 0. The Bertz CT molecular complexity index is 910. The molecule has 0 bridgehead atoms. The molecular formula is C15H10O6. The second-order valence-electron chi connectivity index (χ2n) is 4.48. The van der Waals surface area contributed by atoms with Gasteiger partial charge in [-0.3, -0.25) is 4.79 Å². The van der Waals surface area contributed by atoms with Crippen LogP contribution in [0.15, 0.2) is 45.6 Å². The van der Waals surface area contributed by atoms with E-state index in [0.717, 1.165) is 12.1 Å². The molecule has 3 rings (SSSR count). The smallest absolute Gasteiger partial charge is 0.201 e. The minimum absolute atomic E-state index is 0.00546. The second-order valence-corrected chi connectivity index (χ2v) is 4.48. The number of rotatable bonds is 1. The van der Waals surface area contributed by atoms with Gasteiger partial charge in [-0.1, -0.05) is 0 Å². The predicted molar refractivity (Wildman–Crippen MR) is 74.6 cm³/mol. The van der Waals surface area contributed by atoms with Crippen molar-refractivity contribution in [2.75, 3.05) is 0 Å². The molecule has 6 nitrogen and oxygen atoms in total.